The van der Waals surface area contributed by atoms with Crippen LogP contribution in [-0.4, -0.2) is 36.2 Å². The summed E-state index contributed by atoms with van der Waals surface area (Å²) in [5.74, 6) is -0.832. The molecular weight excluding hydrogens is 250 g/mol. The largest absolute Gasteiger partial charge is 0.396 e. The molecule has 1 aliphatic rings. The molecule has 2 unspecified atom stereocenters. The maximum Gasteiger partial charge on any atom is 0.126 e. The molecule has 0 saturated carbocycles. The minimum Gasteiger partial charge on any atom is -0.396 e. The van der Waals surface area contributed by atoms with E-state index in [1.54, 1.807) is 0 Å². The molecule has 5 heteroatoms. The van der Waals surface area contributed by atoms with E-state index in [2.05, 4.69) is 4.90 Å². The Balaban J connectivity index is 1.85. The van der Waals surface area contributed by atoms with Crippen LogP contribution in [0.25, 0.3) is 0 Å². The third-order valence-electron chi connectivity index (χ3n) is 3.70. The van der Waals surface area contributed by atoms with Crippen LogP contribution in [0.1, 0.15) is 24.4 Å². The molecule has 0 aromatic heterocycles. The van der Waals surface area contributed by atoms with Gasteiger partial charge in [0.05, 0.1) is 0 Å². The van der Waals surface area contributed by atoms with E-state index in [1.165, 1.54) is 12.1 Å². The van der Waals surface area contributed by atoms with Gasteiger partial charge in [-0.15, -0.1) is 0 Å². The molecule has 1 fully saturated rings. The lowest BCUT2D eigenvalue weighted by Crippen LogP contribution is -2.26. The Bertz CT molecular complexity index is 408. The summed E-state index contributed by atoms with van der Waals surface area (Å²) in [4.78, 5) is 2.23. The van der Waals surface area contributed by atoms with Gasteiger partial charge in [0, 0.05) is 25.3 Å². The lowest BCUT2D eigenvalue weighted by Gasteiger charge is -2.19. The van der Waals surface area contributed by atoms with Crippen LogP contribution in [0.2, 0.25) is 0 Å². The fraction of sp³-hybridized carbons (Fsp3) is 0.571. The van der Waals surface area contributed by atoms with E-state index in [0.717, 1.165) is 32.1 Å². The molecule has 0 aliphatic carbocycles. The SMILES string of the molecule is NC(CCN1CCC(CO)C1)c1cc(F)cc(F)c1. The van der Waals surface area contributed by atoms with Crippen LogP contribution in [-0.2, 0) is 0 Å². The second kappa shape index (κ2) is 6.41. The number of hydrogen-bond acceptors (Lipinski definition) is 3. The molecule has 0 radical (unpaired) electrons. The Morgan fingerprint density at radius 1 is 1.32 bits per heavy atom. The van der Waals surface area contributed by atoms with E-state index in [0.29, 0.717) is 17.9 Å². The quantitative estimate of drug-likeness (QED) is 0.855. The first kappa shape index (κ1) is 14.4. The van der Waals surface area contributed by atoms with Gasteiger partial charge in [0.15, 0.2) is 0 Å². The van der Waals surface area contributed by atoms with Gasteiger partial charge in [-0.3, -0.25) is 0 Å². The van der Waals surface area contributed by atoms with Crippen molar-refractivity contribution in [1.29, 1.82) is 0 Å². The molecule has 3 N–H and O–H groups in total. The molecule has 1 aromatic rings. The van der Waals surface area contributed by atoms with Gasteiger partial charge in [0.25, 0.3) is 0 Å². The highest BCUT2D eigenvalue weighted by Gasteiger charge is 2.22. The van der Waals surface area contributed by atoms with E-state index in [1.807, 2.05) is 0 Å². The van der Waals surface area contributed by atoms with Gasteiger partial charge in [-0.1, -0.05) is 0 Å². The number of halogens is 2. The first-order chi connectivity index (χ1) is 9.08. The molecule has 0 spiro atoms. The average molecular weight is 270 g/mol. The molecule has 1 saturated heterocycles. The monoisotopic (exact) mass is 270 g/mol. The number of aliphatic hydroxyl groups is 1. The zero-order chi connectivity index (χ0) is 13.8. The molecule has 0 amide bonds. The summed E-state index contributed by atoms with van der Waals surface area (Å²) in [6.07, 6.45) is 1.65. The van der Waals surface area contributed by atoms with Gasteiger partial charge >= 0.3 is 0 Å². The molecule has 1 heterocycles. The van der Waals surface area contributed by atoms with Gasteiger partial charge in [0.2, 0.25) is 0 Å². The van der Waals surface area contributed by atoms with E-state index in [4.69, 9.17) is 10.8 Å². The van der Waals surface area contributed by atoms with Gasteiger partial charge in [-0.2, -0.15) is 0 Å². The number of rotatable bonds is 5. The minimum absolute atomic E-state index is 0.220. The van der Waals surface area contributed by atoms with Crippen LogP contribution in [0, 0.1) is 17.6 Å². The van der Waals surface area contributed by atoms with E-state index in [9.17, 15) is 8.78 Å². The summed E-state index contributed by atoms with van der Waals surface area (Å²) in [5.41, 5.74) is 6.46. The summed E-state index contributed by atoms with van der Waals surface area (Å²) in [7, 11) is 0. The van der Waals surface area contributed by atoms with Gasteiger partial charge in [0.1, 0.15) is 11.6 Å². The highest BCUT2D eigenvalue weighted by Crippen LogP contribution is 2.20. The summed E-state index contributed by atoms with van der Waals surface area (Å²) in [6, 6.07) is 3.06. The molecule has 1 aliphatic heterocycles. The van der Waals surface area contributed by atoms with Crippen molar-refractivity contribution in [3.05, 3.63) is 35.4 Å². The number of nitrogens with two attached hydrogens (primary N) is 1. The van der Waals surface area contributed by atoms with Crippen LogP contribution in [0.5, 0.6) is 0 Å². The minimum atomic E-state index is -0.591. The Morgan fingerprint density at radius 2 is 2.00 bits per heavy atom. The van der Waals surface area contributed by atoms with Crippen LogP contribution in [0.3, 0.4) is 0 Å². The Kier molecular flexibility index (Phi) is 4.85. The smallest absolute Gasteiger partial charge is 0.126 e. The summed E-state index contributed by atoms with van der Waals surface area (Å²) in [6.45, 7) is 2.84. The number of nitrogens with zero attached hydrogens (tertiary/aromatic N) is 1. The molecule has 0 bridgehead atoms. The number of benzene rings is 1. The third kappa shape index (κ3) is 3.96. The van der Waals surface area contributed by atoms with E-state index < -0.39 is 11.6 Å². The van der Waals surface area contributed by atoms with Crippen molar-refractivity contribution in [2.45, 2.75) is 18.9 Å². The molecule has 1 aromatic carbocycles. The molecule has 106 valence electrons. The average Bonchev–Trinajstić information content (AvgIpc) is 2.82. The van der Waals surface area contributed by atoms with Crippen molar-refractivity contribution >= 4 is 0 Å². The van der Waals surface area contributed by atoms with Gasteiger partial charge in [-0.25, -0.2) is 8.78 Å². The first-order valence-corrected chi connectivity index (χ1v) is 6.63. The molecular formula is C14H20F2N2O. The number of hydrogen-bond donors (Lipinski definition) is 2. The maximum atomic E-state index is 13.1. The van der Waals surface area contributed by atoms with Crippen LogP contribution >= 0.6 is 0 Å². The standard InChI is InChI=1S/C14H20F2N2O/c15-12-5-11(6-13(16)7-12)14(17)2-4-18-3-1-10(8-18)9-19/h5-7,10,14,19H,1-4,8-9,17H2. The fourth-order valence-electron chi connectivity index (χ4n) is 2.54. The first-order valence-electron chi connectivity index (χ1n) is 6.63. The van der Waals surface area contributed by atoms with Crippen molar-refractivity contribution in [2.24, 2.45) is 11.7 Å². The van der Waals surface area contributed by atoms with Crippen molar-refractivity contribution in [1.82, 2.24) is 4.90 Å². The van der Waals surface area contributed by atoms with Crippen LogP contribution in [0.4, 0.5) is 8.78 Å². The Labute approximate surface area is 112 Å². The highest BCUT2D eigenvalue weighted by atomic mass is 19.1. The van der Waals surface area contributed by atoms with Crippen molar-refractivity contribution in [2.75, 3.05) is 26.2 Å². The van der Waals surface area contributed by atoms with Gasteiger partial charge < -0.3 is 15.7 Å². The maximum absolute atomic E-state index is 13.1. The molecule has 2 atom stereocenters. The topological polar surface area (TPSA) is 49.5 Å². The molecule has 19 heavy (non-hydrogen) atoms. The third-order valence-corrected chi connectivity index (χ3v) is 3.70. The van der Waals surface area contributed by atoms with Crippen molar-refractivity contribution in [3.63, 3.8) is 0 Å². The fourth-order valence-corrected chi connectivity index (χ4v) is 2.54. The predicted octanol–water partition coefficient (Wildman–Crippen LogP) is 1.67. The van der Waals surface area contributed by atoms with Crippen molar-refractivity contribution in [3.8, 4) is 0 Å². The zero-order valence-corrected chi connectivity index (χ0v) is 10.9. The summed E-state index contributed by atoms with van der Waals surface area (Å²) >= 11 is 0. The summed E-state index contributed by atoms with van der Waals surface area (Å²) in [5, 5.41) is 9.07. The van der Waals surface area contributed by atoms with Gasteiger partial charge in [-0.05, 0) is 49.5 Å². The lowest BCUT2D eigenvalue weighted by molar-refractivity contribution is 0.220. The highest BCUT2D eigenvalue weighted by molar-refractivity contribution is 5.21. The zero-order valence-electron chi connectivity index (χ0n) is 10.9. The normalized spacial score (nSPS) is 21.8. The van der Waals surface area contributed by atoms with Crippen LogP contribution in [0.15, 0.2) is 18.2 Å². The number of likely N-dealkylation sites (tertiary alicyclic amines) is 1. The Hall–Kier alpha value is -1.04. The lowest BCUT2D eigenvalue weighted by atomic mass is 10.0. The van der Waals surface area contributed by atoms with E-state index in [-0.39, 0.29) is 12.6 Å². The number of aliphatic hydroxyl groups excluding tert-OH is 1. The van der Waals surface area contributed by atoms with Crippen molar-refractivity contribution < 1.29 is 13.9 Å². The van der Waals surface area contributed by atoms with Crippen LogP contribution < -0.4 is 5.73 Å². The Morgan fingerprint density at radius 3 is 2.58 bits per heavy atom. The summed E-state index contributed by atoms with van der Waals surface area (Å²) < 4.78 is 26.2. The molecule has 3 nitrogen and oxygen atoms in total. The second-order valence-electron chi connectivity index (χ2n) is 5.24. The predicted molar refractivity (Wildman–Crippen MR) is 69.5 cm³/mol. The molecule has 2 rings (SSSR count). The second-order valence-corrected chi connectivity index (χ2v) is 5.24. The van der Waals surface area contributed by atoms with E-state index >= 15 is 0 Å².